The molecule has 138 valence electrons. The number of amides is 1. The molecule has 1 amide bonds. The second-order valence-corrected chi connectivity index (χ2v) is 7.29. The first-order valence-corrected chi connectivity index (χ1v) is 9.00. The maximum Gasteiger partial charge on any atom is 0.341 e. The van der Waals surface area contributed by atoms with Gasteiger partial charge >= 0.3 is 11.9 Å². The van der Waals surface area contributed by atoms with Crippen LogP contribution in [0.5, 0.6) is 0 Å². The van der Waals surface area contributed by atoms with E-state index in [2.05, 4.69) is 5.32 Å². The second kappa shape index (κ2) is 7.97. The van der Waals surface area contributed by atoms with Gasteiger partial charge in [0.1, 0.15) is 11.4 Å². The van der Waals surface area contributed by atoms with Crippen molar-refractivity contribution in [3.63, 3.8) is 0 Å². The van der Waals surface area contributed by atoms with Crippen LogP contribution in [-0.4, -0.2) is 36.7 Å². The molecule has 8 heteroatoms. The Labute approximate surface area is 150 Å². The zero-order chi connectivity index (χ0) is 18.6. The highest BCUT2D eigenvalue weighted by Gasteiger charge is 2.34. The third-order valence-electron chi connectivity index (χ3n) is 3.63. The van der Waals surface area contributed by atoms with Gasteiger partial charge in [0.05, 0.1) is 31.0 Å². The van der Waals surface area contributed by atoms with Crippen molar-refractivity contribution < 1.29 is 28.6 Å². The molecule has 1 aromatic rings. The number of carbonyl (C=O) groups excluding carboxylic acids is 3. The molecule has 1 aliphatic heterocycles. The zero-order valence-corrected chi connectivity index (χ0v) is 15.7. The third-order valence-corrected chi connectivity index (χ3v) is 4.75. The molecule has 1 N–H and O–H groups in total. The molecule has 0 unspecified atom stereocenters. The Kier molecular flexibility index (Phi) is 6.18. The lowest BCUT2D eigenvalue weighted by Gasteiger charge is -2.30. The first-order valence-electron chi connectivity index (χ1n) is 8.18. The minimum absolute atomic E-state index is 0.208. The Morgan fingerprint density at radius 3 is 2.52 bits per heavy atom. The molecule has 25 heavy (non-hydrogen) atoms. The fourth-order valence-electron chi connectivity index (χ4n) is 2.57. The van der Waals surface area contributed by atoms with Gasteiger partial charge in [0.25, 0.3) is 0 Å². The third kappa shape index (κ3) is 4.79. The normalized spacial score (nSPS) is 15.2. The molecule has 0 aliphatic carbocycles. The molecule has 1 aliphatic rings. The number of thiophene rings is 1. The van der Waals surface area contributed by atoms with Crippen molar-refractivity contribution in [3.05, 3.63) is 16.0 Å². The average molecular weight is 369 g/mol. The largest absolute Gasteiger partial charge is 0.466 e. The summed E-state index contributed by atoms with van der Waals surface area (Å²) in [6.45, 7) is 8.10. The van der Waals surface area contributed by atoms with Crippen molar-refractivity contribution in [1.29, 1.82) is 0 Å². The summed E-state index contributed by atoms with van der Waals surface area (Å²) in [4.78, 5) is 36.8. The second-order valence-electron chi connectivity index (χ2n) is 6.18. The summed E-state index contributed by atoms with van der Waals surface area (Å²) in [6, 6.07) is 0. The summed E-state index contributed by atoms with van der Waals surface area (Å²) in [5.74, 6) is -1.62. The fourth-order valence-corrected chi connectivity index (χ4v) is 3.71. The van der Waals surface area contributed by atoms with E-state index in [1.807, 2.05) is 13.8 Å². The Bertz CT molecular complexity index is 679. The maximum atomic E-state index is 12.4. The molecule has 0 atom stereocenters. The number of carbonyl (C=O) groups is 3. The van der Waals surface area contributed by atoms with Gasteiger partial charge in [-0.25, -0.2) is 4.79 Å². The highest BCUT2D eigenvalue weighted by molar-refractivity contribution is 7.17. The van der Waals surface area contributed by atoms with Gasteiger partial charge in [-0.15, -0.1) is 11.3 Å². The van der Waals surface area contributed by atoms with E-state index in [1.54, 1.807) is 13.8 Å². The lowest BCUT2D eigenvalue weighted by molar-refractivity contribution is -0.145. The van der Waals surface area contributed by atoms with Crippen molar-refractivity contribution in [2.24, 2.45) is 0 Å². The van der Waals surface area contributed by atoms with E-state index in [9.17, 15) is 14.4 Å². The van der Waals surface area contributed by atoms with Crippen molar-refractivity contribution in [1.82, 2.24) is 0 Å². The minimum Gasteiger partial charge on any atom is -0.466 e. The standard InChI is InChI=1S/C17H23NO6S/c1-5-22-13(20)7-12(19)18-15-14(16(21)23-6-2)10-8-17(3,4)24-9-11(10)25-15/h5-9H2,1-4H3,(H,18,19). The first kappa shape index (κ1) is 19.4. The summed E-state index contributed by atoms with van der Waals surface area (Å²) >= 11 is 1.28. The molecule has 0 spiro atoms. The van der Waals surface area contributed by atoms with Crippen LogP contribution in [0.1, 0.15) is 54.9 Å². The molecular formula is C17H23NO6S. The number of anilines is 1. The number of fused-ring (bicyclic) bond motifs is 1. The fraction of sp³-hybridized carbons (Fsp3) is 0.588. The summed E-state index contributed by atoms with van der Waals surface area (Å²) in [5, 5.41) is 3.03. The quantitative estimate of drug-likeness (QED) is 0.612. The van der Waals surface area contributed by atoms with Gasteiger partial charge in [0, 0.05) is 11.3 Å². The average Bonchev–Trinajstić information content (AvgIpc) is 2.83. The molecule has 0 fully saturated rings. The minimum atomic E-state index is -0.608. The Morgan fingerprint density at radius 2 is 1.88 bits per heavy atom. The van der Waals surface area contributed by atoms with Gasteiger partial charge in [-0.2, -0.15) is 0 Å². The number of ether oxygens (including phenoxy) is 3. The predicted molar refractivity (Wildman–Crippen MR) is 92.7 cm³/mol. The maximum absolute atomic E-state index is 12.4. The molecule has 2 heterocycles. The van der Waals surface area contributed by atoms with Crippen LogP contribution in [0.3, 0.4) is 0 Å². The highest BCUT2D eigenvalue weighted by atomic mass is 32.1. The number of hydrogen-bond acceptors (Lipinski definition) is 7. The summed E-state index contributed by atoms with van der Waals surface area (Å²) in [5.41, 5.74) is 0.795. The van der Waals surface area contributed by atoms with Crippen LogP contribution in [0.15, 0.2) is 0 Å². The van der Waals surface area contributed by atoms with Crippen molar-refractivity contribution >= 4 is 34.2 Å². The highest BCUT2D eigenvalue weighted by Crippen LogP contribution is 2.40. The van der Waals surface area contributed by atoms with Gasteiger partial charge in [-0.05, 0) is 33.3 Å². The summed E-state index contributed by atoms with van der Waals surface area (Å²) in [7, 11) is 0. The predicted octanol–water partition coefficient (Wildman–Crippen LogP) is 2.67. The number of rotatable bonds is 6. The van der Waals surface area contributed by atoms with Crippen molar-refractivity contribution in [2.45, 2.75) is 52.7 Å². The number of esters is 2. The zero-order valence-electron chi connectivity index (χ0n) is 14.9. The van der Waals surface area contributed by atoms with Gasteiger partial charge in [-0.3, -0.25) is 9.59 Å². The van der Waals surface area contributed by atoms with E-state index in [0.717, 1.165) is 10.4 Å². The molecular weight excluding hydrogens is 346 g/mol. The molecule has 0 saturated heterocycles. The van der Waals surface area contributed by atoms with Gasteiger partial charge in [0.15, 0.2) is 0 Å². The van der Waals surface area contributed by atoms with Crippen molar-refractivity contribution in [2.75, 3.05) is 18.5 Å². The van der Waals surface area contributed by atoms with Gasteiger partial charge in [-0.1, -0.05) is 0 Å². The van der Waals surface area contributed by atoms with Crippen LogP contribution in [-0.2, 0) is 36.8 Å². The molecule has 0 radical (unpaired) electrons. The molecule has 0 bridgehead atoms. The van der Waals surface area contributed by atoms with Crippen LogP contribution in [0, 0.1) is 0 Å². The first-order chi connectivity index (χ1) is 11.8. The van der Waals surface area contributed by atoms with E-state index in [4.69, 9.17) is 14.2 Å². The van der Waals surface area contributed by atoms with Gasteiger partial charge in [0.2, 0.25) is 5.91 Å². The van der Waals surface area contributed by atoms with E-state index in [-0.39, 0.29) is 13.2 Å². The number of hydrogen-bond donors (Lipinski definition) is 1. The molecule has 0 saturated carbocycles. The van der Waals surface area contributed by atoms with Crippen LogP contribution >= 0.6 is 11.3 Å². The molecule has 1 aromatic heterocycles. The van der Waals surface area contributed by atoms with E-state index < -0.39 is 29.9 Å². The van der Waals surface area contributed by atoms with E-state index in [1.165, 1.54) is 11.3 Å². The number of nitrogens with one attached hydrogen (secondary N) is 1. The Balaban J connectivity index is 2.28. The van der Waals surface area contributed by atoms with Crippen LogP contribution < -0.4 is 5.32 Å². The summed E-state index contributed by atoms with van der Waals surface area (Å²) in [6.07, 6.45) is 0.140. The van der Waals surface area contributed by atoms with E-state index >= 15 is 0 Å². The summed E-state index contributed by atoms with van der Waals surface area (Å²) < 4.78 is 15.7. The SMILES string of the molecule is CCOC(=O)CC(=O)Nc1sc2c(c1C(=O)OCC)CC(C)(C)OC2. The Morgan fingerprint density at radius 1 is 1.20 bits per heavy atom. The van der Waals surface area contributed by atoms with Crippen LogP contribution in [0.25, 0.3) is 0 Å². The smallest absolute Gasteiger partial charge is 0.341 e. The molecule has 7 nitrogen and oxygen atoms in total. The van der Waals surface area contributed by atoms with Gasteiger partial charge < -0.3 is 19.5 Å². The monoisotopic (exact) mass is 369 g/mol. The van der Waals surface area contributed by atoms with Crippen LogP contribution in [0.4, 0.5) is 5.00 Å². The van der Waals surface area contributed by atoms with Crippen molar-refractivity contribution in [3.8, 4) is 0 Å². The van der Waals surface area contributed by atoms with Crippen LogP contribution in [0.2, 0.25) is 0 Å². The topological polar surface area (TPSA) is 90.9 Å². The lowest BCUT2D eigenvalue weighted by Crippen LogP contribution is -2.32. The Hall–Kier alpha value is -1.93. The molecule has 0 aromatic carbocycles. The molecule has 2 rings (SSSR count). The lowest BCUT2D eigenvalue weighted by atomic mass is 9.93. The van der Waals surface area contributed by atoms with E-state index in [0.29, 0.717) is 23.6 Å².